The normalized spacial score (nSPS) is 11.5. The Morgan fingerprint density at radius 1 is 1.32 bits per heavy atom. The predicted octanol–water partition coefficient (Wildman–Crippen LogP) is 2.29. The zero-order valence-corrected chi connectivity index (χ0v) is 10.9. The SMILES string of the molecule is CCOC(=O)CC(C)NC(=O)Nc1ccc(F)cc1. The number of esters is 1. The molecule has 1 aromatic carbocycles. The third-order valence-corrected chi connectivity index (χ3v) is 2.26. The van der Waals surface area contributed by atoms with Gasteiger partial charge in [0.05, 0.1) is 13.0 Å². The summed E-state index contributed by atoms with van der Waals surface area (Å²) < 4.78 is 17.4. The van der Waals surface area contributed by atoms with Gasteiger partial charge < -0.3 is 15.4 Å². The number of halogens is 1. The highest BCUT2D eigenvalue weighted by molar-refractivity contribution is 5.89. The molecule has 0 aliphatic carbocycles. The van der Waals surface area contributed by atoms with Crippen molar-refractivity contribution in [2.45, 2.75) is 26.3 Å². The summed E-state index contributed by atoms with van der Waals surface area (Å²) in [5.74, 6) is -0.737. The predicted molar refractivity (Wildman–Crippen MR) is 69.3 cm³/mol. The van der Waals surface area contributed by atoms with Gasteiger partial charge in [-0.2, -0.15) is 0 Å². The molecule has 0 heterocycles. The molecule has 19 heavy (non-hydrogen) atoms. The maximum absolute atomic E-state index is 12.7. The van der Waals surface area contributed by atoms with Gasteiger partial charge in [-0.25, -0.2) is 9.18 Å². The molecule has 1 atom stereocenters. The van der Waals surface area contributed by atoms with Crippen LogP contribution in [-0.2, 0) is 9.53 Å². The lowest BCUT2D eigenvalue weighted by molar-refractivity contribution is -0.143. The van der Waals surface area contributed by atoms with Crippen LogP contribution in [0.3, 0.4) is 0 Å². The second-order valence-corrected chi connectivity index (χ2v) is 4.02. The lowest BCUT2D eigenvalue weighted by Crippen LogP contribution is -2.37. The van der Waals surface area contributed by atoms with Crippen molar-refractivity contribution < 1.29 is 18.7 Å². The number of anilines is 1. The number of hydrogen-bond donors (Lipinski definition) is 2. The van der Waals surface area contributed by atoms with Crippen molar-refractivity contribution in [2.75, 3.05) is 11.9 Å². The number of amides is 2. The monoisotopic (exact) mass is 268 g/mol. The van der Waals surface area contributed by atoms with Gasteiger partial charge in [0.25, 0.3) is 0 Å². The van der Waals surface area contributed by atoms with Gasteiger partial charge in [-0.15, -0.1) is 0 Å². The van der Waals surface area contributed by atoms with Crippen molar-refractivity contribution >= 4 is 17.7 Å². The highest BCUT2D eigenvalue weighted by Gasteiger charge is 2.12. The Morgan fingerprint density at radius 2 is 1.95 bits per heavy atom. The van der Waals surface area contributed by atoms with Crippen molar-refractivity contribution in [2.24, 2.45) is 0 Å². The van der Waals surface area contributed by atoms with Crippen LogP contribution >= 0.6 is 0 Å². The Bertz CT molecular complexity index is 434. The van der Waals surface area contributed by atoms with E-state index in [2.05, 4.69) is 10.6 Å². The summed E-state index contributed by atoms with van der Waals surface area (Å²) in [4.78, 5) is 22.8. The van der Waals surface area contributed by atoms with Gasteiger partial charge in [-0.3, -0.25) is 4.79 Å². The first kappa shape index (κ1) is 14.9. The molecule has 0 saturated carbocycles. The lowest BCUT2D eigenvalue weighted by Gasteiger charge is -2.13. The number of urea groups is 1. The number of rotatable bonds is 5. The number of carbonyl (C=O) groups excluding carboxylic acids is 2. The Kier molecular flexibility index (Phi) is 5.78. The summed E-state index contributed by atoms with van der Waals surface area (Å²) in [7, 11) is 0. The van der Waals surface area contributed by atoms with Gasteiger partial charge in [0, 0.05) is 11.7 Å². The largest absolute Gasteiger partial charge is 0.466 e. The van der Waals surface area contributed by atoms with Gasteiger partial charge in [-0.1, -0.05) is 0 Å². The van der Waals surface area contributed by atoms with E-state index >= 15 is 0 Å². The number of hydrogen-bond acceptors (Lipinski definition) is 3. The van der Waals surface area contributed by atoms with Crippen LogP contribution in [0.5, 0.6) is 0 Å². The fourth-order valence-corrected chi connectivity index (χ4v) is 1.45. The Hall–Kier alpha value is -2.11. The summed E-state index contributed by atoms with van der Waals surface area (Å²) in [6, 6.07) is 4.59. The molecule has 2 N–H and O–H groups in total. The highest BCUT2D eigenvalue weighted by atomic mass is 19.1. The average Bonchev–Trinajstić information content (AvgIpc) is 2.32. The molecule has 0 fully saturated rings. The molecule has 1 rings (SSSR count). The molecule has 0 bridgehead atoms. The van der Waals surface area contributed by atoms with Crippen LogP contribution in [0, 0.1) is 5.82 Å². The van der Waals surface area contributed by atoms with Crippen molar-refractivity contribution in [3.05, 3.63) is 30.1 Å². The maximum Gasteiger partial charge on any atom is 0.319 e. The minimum atomic E-state index is -0.455. The second-order valence-electron chi connectivity index (χ2n) is 4.02. The van der Waals surface area contributed by atoms with Crippen LogP contribution in [0.15, 0.2) is 24.3 Å². The van der Waals surface area contributed by atoms with Crippen molar-refractivity contribution in [1.29, 1.82) is 0 Å². The fraction of sp³-hybridized carbons (Fsp3) is 0.385. The molecule has 1 aromatic rings. The van der Waals surface area contributed by atoms with E-state index in [1.54, 1.807) is 13.8 Å². The Balaban J connectivity index is 2.38. The molecule has 0 aliphatic rings. The molecule has 104 valence electrons. The zero-order valence-electron chi connectivity index (χ0n) is 10.9. The molecule has 6 heteroatoms. The number of carbonyl (C=O) groups is 2. The summed E-state index contributed by atoms with van der Waals surface area (Å²) in [5, 5.41) is 5.12. The van der Waals surface area contributed by atoms with Gasteiger partial charge in [0.15, 0.2) is 0 Å². The highest BCUT2D eigenvalue weighted by Crippen LogP contribution is 2.08. The van der Waals surface area contributed by atoms with Crippen molar-refractivity contribution in [1.82, 2.24) is 5.32 Å². The van der Waals surface area contributed by atoms with Crippen LogP contribution in [0.4, 0.5) is 14.9 Å². The summed E-state index contributed by atoms with van der Waals surface area (Å²) in [5.41, 5.74) is 0.474. The van der Waals surface area contributed by atoms with Crippen LogP contribution in [0.2, 0.25) is 0 Å². The number of benzene rings is 1. The average molecular weight is 268 g/mol. The summed E-state index contributed by atoms with van der Waals surface area (Å²) >= 11 is 0. The molecule has 5 nitrogen and oxygen atoms in total. The first-order valence-electron chi connectivity index (χ1n) is 6.00. The van der Waals surface area contributed by atoms with E-state index in [1.165, 1.54) is 24.3 Å². The van der Waals surface area contributed by atoms with Crippen LogP contribution in [-0.4, -0.2) is 24.6 Å². The minimum Gasteiger partial charge on any atom is -0.466 e. The van der Waals surface area contributed by atoms with Crippen LogP contribution in [0.1, 0.15) is 20.3 Å². The Morgan fingerprint density at radius 3 is 2.53 bits per heavy atom. The molecule has 0 saturated heterocycles. The second kappa shape index (κ2) is 7.35. The summed E-state index contributed by atoms with van der Waals surface area (Å²) in [6.45, 7) is 3.73. The smallest absolute Gasteiger partial charge is 0.319 e. The van der Waals surface area contributed by atoms with Crippen LogP contribution < -0.4 is 10.6 Å². The van der Waals surface area contributed by atoms with Crippen molar-refractivity contribution in [3.63, 3.8) is 0 Å². The van der Waals surface area contributed by atoms with Gasteiger partial charge in [-0.05, 0) is 38.1 Å². The van der Waals surface area contributed by atoms with E-state index in [9.17, 15) is 14.0 Å². The summed E-state index contributed by atoms with van der Waals surface area (Å²) in [6.07, 6.45) is 0.102. The molecule has 2 amide bonds. The van der Waals surface area contributed by atoms with E-state index in [0.717, 1.165) is 0 Å². The Labute approximate surface area is 111 Å². The maximum atomic E-state index is 12.7. The molecular formula is C13H17FN2O3. The fourth-order valence-electron chi connectivity index (χ4n) is 1.45. The van der Waals surface area contributed by atoms with Gasteiger partial charge in [0.1, 0.15) is 5.82 Å². The standard InChI is InChI=1S/C13H17FN2O3/c1-3-19-12(17)8-9(2)15-13(18)16-11-6-4-10(14)5-7-11/h4-7,9H,3,8H2,1-2H3,(H2,15,16,18). The molecule has 0 aliphatic heterocycles. The third-order valence-electron chi connectivity index (χ3n) is 2.26. The zero-order chi connectivity index (χ0) is 14.3. The molecule has 0 aromatic heterocycles. The van der Waals surface area contributed by atoms with Crippen molar-refractivity contribution in [3.8, 4) is 0 Å². The third kappa shape index (κ3) is 5.85. The molecule has 1 unspecified atom stereocenters. The van der Waals surface area contributed by atoms with E-state index in [4.69, 9.17) is 4.74 Å². The lowest BCUT2D eigenvalue weighted by atomic mass is 10.2. The molecular weight excluding hydrogens is 251 g/mol. The minimum absolute atomic E-state index is 0.102. The number of ether oxygens (including phenoxy) is 1. The topological polar surface area (TPSA) is 67.4 Å². The first-order chi connectivity index (χ1) is 9.01. The van der Waals surface area contributed by atoms with E-state index in [1.807, 2.05) is 0 Å². The first-order valence-corrected chi connectivity index (χ1v) is 6.00. The van der Waals surface area contributed by atoms with Crippen LogP contribution in [0.25, 0.3) is 0 Å². The molecule has 0 spiro atoms. The van der Waals surface area contributed by atoms with E-state index in [-0.39, 0.29) is 24.2 Å². The van der Waals surface area contributed by atoms with Gasteiger partial charge in [0.2, 0.25) is 0 Å². The van der Waals surface area contributed by atoms with E-state index in [0.29, 0.717) is 12.3 Å². The number of nitrogens with one attached hydrogen (secondary N) is 2. The quantitative estimate of drug-likeness (QED) is 0.805. The molecule has 0 radical (unpaired) electrons. The van der Waals surface area contributed by atoms with E-state index < -0.39 is 6.03 Å². The van der Waals surface area contributed by atoms with Gasteiger partial charge >= 0.3 is 12.0 Å².